The first kappa shape index (κ1) is 17.7. The normalized spacial score (nSPS) is 26.4. The fourth-order valence-electron chi connectivity index (χ4n) is 5.04. The predicted molar refractivity (Wildman–Crippen MR) is 109 cm³/mol. The summed E-state index contributed by atoms with van der Waals surface area (Å²) in [5.74, 6) is 0.708. The molecule has 0 aromatic heterocycles. The van der Waals surface area contributed by atoms with Gasteiger partial charge in [-0.15, -0.1) is 0 Å². The first-order valence-electron chi connectivity index (χ1n) is 10.3. The van der Waals surface area contributed by atoms with Crippen LogP contribution in [0, 0.1) is 5.92 Å². The Balaban J connectivity index is 1.35. The lowest BCUT2D eigenvalue weighted by Crippen LogP contribution is -2.44. The third-order valence-electron chi connectivity index (χ3n) is 6.51. The van der Waals surface area contributed by atoms with Crippen molar-refractivity contribution in [1.82, 2.24) is 10.2 Å². The number of rotatable bonds is 2. The van der Waals surface area contributed by atoms with Gasteiger partial charge in [-0.2, -0.15) is 0 Å². The summed E-state index contributed by atoms with van der Waals surface area (Å²) in [4.78, 5) is 15.2. The van der Waals surface area contributed by atoms with Crippen LogP contribution in [-0.4, -0.2) is 43.3 Å². The minimum atomic E-state index is 0.0130. The molecule has 2 amide bonds. The van der Waals surface area contributed by atoms with Crippen LogP contribution in [0.5, 0.6) is 0 Å². The Morgan fingerprint density at radius 3 is 2.93 bits per heavy atom. The predicted octanol–water partition coefficient (Wildman–Crippen LogP) is 3.37. The number of ether oxygens (including phenoxy) is 1. The van der Waals surface area contributed by atoms with Crippen LogP contribution in [-0.2, 0) is 17.7 Å². The van der Waals surface area contributed by atoms with Crippen LogP contribution in [0.4, 0.5) is 10.5 Å². The zero-order valence-electron chi connectivity index (χ0n) is 16.1. The average Bonchev–Trinajstić information content (AvgIpc) is 3.14. The van der Waals surface area contributed by atoms with E-state index in [9.17, 15) is 4.79 Å². The van der Waals surface area contributed by atoms with E-state index in [2.05, 4.69) is 47.0 Å². The summed E-state index contributed by atoms with van der Waals surface area (Å²) >= 11 is 0. The lowest BCUT2D eigenvalue weighted by atomic mass is 9.84. The molecule has 3 heterocycles. The summed E-state index contributed by atoms with van der Waals surface area (Å²) in [6, 6.07) is 17.1. The first-order chi connectivity index (χ1) is 13.8. The number of carbonyl (C=O) groups excluding carboxylic acids is 1. The Hall–Kier alpha value is -2.37. The van der Waals surface area contributed by atoms with Gasteiger partial charge in [0.25, 0.3) is 0 Å². The molecule has 3 aliphatic heterocycles. The molecule has 3 atom stereocenters. The Bertz CT molecular complexity index is 854. The molecule has 2 aromatic carbocycles. The molecular weight excluding hydrogens is 350 g/mol. The molecule has 2 aromatic rings. The van der Waals surface area contributed by atoms with E-state index in [1.165, 1.54) is 16.7 Å². The summed E-state index contributed by atoms with van der Waals surface area (Å²) in [6.07, 6.45) is 1.97. The number of amides is 2. The summed E-state index contributed by atoms with van der Waals surface area (Å²) in [7, 11) is 0. The zero-order valence-corrected chi connectivity index (χ0v) is 16.1. The topological polar surface area (TPSA) is 53.6 Å². The van der Waals surface area contributed by atoms with Gasteiger partial charge in [0.2, 0.25) is 0 Å². The maximum Gasteiger partial charge on any atom is 0.322 e. The monoisotopic (exact) mass is 377 g/mol. The van der Waals surface area contributed by atoms with Gasteiger partial charge in [0.1, 0.15) is 0 Å². The summed E-state index contributed by atoms with van der Waals surface area (Å²) < 4.78 is 5.78. The van der Waals surface area contributed by atoms with Crippen molar-refractivity contribution in [3.05, 3.63) is 65.2 Å². The molecule has 0 radical (unpaired) electrons. The molecule has 5 heteroatoms. The first-order valence-corrected chi connectivity index (χ1v) is 10.3. The number of benzene rings is 2. The van der Waals surface area contributed by atoms with Crippen molar-refractivity contribution in [1.29, 1.82) is 0 Å². The van der Waals surface area contributed by atoms with Crippen molar-refractivity contribution >= 4 is 11.7 Å². The quantitative estimate of drug-likeness (QED) is 0.844. The maximum atomic E-state index is 13.2. The second-order valence-electron chi connectivity index (χ2n) is 8.10. The van der Waals surface area contributed by atoms with Crippen LogP contribution in [0.25, 0.3) is 0 Å². The number of hydrogen-bond acceptors (Lipinski definition) is 3. The van der Waals surface area contributed by atoms with Crippen molar-refractivity contribution in [2.75, 3.05) is 31.6 Å². The highest BCUT2D eigenvalue weighted by Gasteiger charge is 2.45. The molecule has 146 valence electrons. The molecule has 2 fully saturated rings. The van der Waals surface area contributed by atoms with Crippen molar-refractivity contribution in [3.63, 3.8) is 0 Å². The van der Waals surface area contributed by atoms with Gasteiger partial charge in [0.15, 0.2) is 0 Å². The third-order valence-corrected chi connectivity index (χ3v) is 6.51. The summed E-state index contributed by atoms with van der Waals surface area (Å²) in [6.45, 7) is 4.12. The lowest BCUT2D eigenvalue weighted by molar-refractivity contribution is 0.0272. The number of nitrogens with one attached hydrogen (secondary N) is 2. The Kier molecular flexibility index (Phi) is 4.79. The molecule has 2 N–H and O–H groups in total. The highest BCUT2D eigenvalue weighted by atomic mass is 16.5. The molecule has 5 rings (SSSR count). The molecule has 28 heavy (non-hydrogen) atoms. The molecule has 0 aliphatic carbocycles. The minimum absolute atomic E-state index is 0.0130. The van der Waals surface area contributed by atoms with Crippen LogP contribution in [0.1, 0.15) is 29.0 Å². The Morgan fingerprint density at radius 2 is 2.04 bits per heavy atom. The molecule has 3 unspecified atom stereocenters. The second-order valence-corrected chi connectivity index (χ2v) is 8.10. The van der Waals surface area contributed by atoms with Gasteiger partial charge >= 0.3 is 6.03 Å². The van der Waals surface area contributed by atoms with Crippen molar-refractivity contribution in [2.45, 2.75) is 31.3 Å². The van der Waals surface area contributed by atoms with Crippen molar-refractivity contribution < 1.29 is 9.53 Å². The van der Waals surface area contributed by atoms with E-state index in [-0.39, 0.29) is 12.1 Å². The third kappa shape index (κ3) is 3.29. The number of nitrogens with zero attached hydrogens (tertiary/aromatic N) is 1. The fraction of sp³-hybridized carbons (Fsp3) is 0.435. The molecule has 2 saturated heterocycles. The fourth-order valence-corrected chi connectivity index (χ4v) is 5.04. The van der Waals surface area contributed by atoms with Crippen molar-refractivity contribution in [2.24, 2.45) is 5.92 Å². The number of urea groups is 1. The van der Waals surface area contributed by atoms with E-state index in [1.807, 2.05) is 17.0 Å². The lowest BCUT2D eigenvalue weighted by Gasteiger charge is -2.32. The van der Waals surface area contributed by atoms with E-state index < -0.39 is 0 Å². The number of anilines is 1. The maximum absolute atomic E-state index is 13.2. The van der Waals surface area contributed by atoms with Gasteiger partial charge in [0.05, 0.1) is 6.61 Å². The standard InChI is InChI=1S/C23H27N3O2/c27-23(25-19-7-6-16-8-10-24-13-18(16)12-19)26-14-20(17-4-2-1-3-5-17)21-15-28-11-9-22(21)26/h1-7,12,20-22,24H,8-11,13-15H2,(H,25,27). The molecule has 0 spiro atoms. The van der Waals surface area contributed by atoms with Gasteiger partial charge in [-0.05, 0) is 48.2 Å². The van der Waals surface area contributed by atoms with E-state index in [1.54, 1.807) is 0 Å². The smallest absolute Gasteiger partial charge is 0.322 e. The second kappa shape index (κ2) is 7.57. The number of fused-ring (bicyclic) bond motifs is 2. The molecule has 0 bridgehead atoms. The van der Waals surface area contributed by atoms with Crippen LogP contribution in [0.15, 0.2) is 48.5 Å². The number of likely N-dealkylation sites (tertiary alicyclic amines) is 1. The van der Waals surface area contributed by atoms with Crippen LogP contribution >= 0.6 is 0 Å². The van der Waals surface area contributed by atoms with E-state index in [0.717, 1.165) is 51.4 Å². The molecule has 3 aliphatic rings. The molecule has 5 nitrogen and oxygen atoms in total. The zero-order chi connectivity index (χ0) is 18.9. The van der Waals surface area contributed by atoms with Gasteiger partial charge in [-0.25, -0.2) is 4.79 Å². The largest absolute Gasteiger partial charge is 0.381 e. The minimum Gasteiger partial charge on any atom is -0.381 e. The van der Waals surface area contributed by atoms with Crippen molar-refractivity contribution in [3.8, 4) is 0 Å². The highest BCUT2D eigenvalue weighted by Crippen LogP contribution is 2.41. The average molecular weight is 377 g/mol. The highest BCUT2D eigenvalue weighted by molar-refractivity contribution is 5.90. The summed E-state index contributed by atoms with van der Waals surface area (Å²) in [5.41, 5.74) is 4.86. The SMILES string of the molecule is O=C(Nc1ccc2c(c1)CNCC2)N1CC(c2ccccc2)C2COCCC21. The van der Waals surface area contributed by atoms with Gasteiger partial charge in [-0.3, -0.25) is 0 Å². The molecule has 0 saturated carbocycles. The number of carbonyl (C=O) groups is 1. The van der Waals surface area contributed by atoms with Gasteiger partial charge in [0, 0.05) is 43.3 Å². The van der Waals surface area contributed by atoms with E-state index >= 15 is 0 Å². The summed E-state index contributed by atoms with van der Waals surface area (Å²) in [5, 5.41) is 6.56. The number of hydrogen-bond donors (Lipinski definition) is 2. The Morgan fingerprint density at radius 1 is 1.14 bits per heavy atom. The van der Waals surface area contributed by atoms with Gasteiger partial charge < -0.3 is 20.3 Å². The van der Waals surface area contributed by atoms with Crippen LogP contribution < -0.4 is 10.6 Å². The Labute approximate surface area is 166 Å². The van der Waals surface area contributed by atoms with E-state index in [0.29, 0.717) is 11.8 Å². The van der Waals surface area contributed by atoms with Crippen LogP contribution in [0.2, 0.25) is 0 Å². The van der Waals surface area contributed by atoms with Crippen LogP contribution in [0.3, 0.4) is 0 Å². The molecular formula is C23H27N3O2. The van der Waals surface area contributed by atoms with E-state index in [4.69, 9.17) is 4.74 Å². The van der Waals surface area contributed by atoms with Gasteiger partial charge in [-0.1, -0.05) is 36.4 Å².